The summed E-state index contributed by atoms with van der Waals surface area (Å²) < 4.78 is 16.6. The quantitative estimate of drug-likeness (QED) is 0.683. The Kier molecular flexibility index (Phi) is 4.25. The molecule has 30 heavy (non-hydrogen) atoms. The lowest BCUT2D eigenvalue weighted by molar-refractivity contribution is 0.0945. The summed E-state index contributed by atoms with van der Waals surface area (Å²) in [6.07, 6.45) is 9.23. The minimum Gasteiger partial charge on any atom is -0.348 e. The van der Waals surface area contributed by atoms with E-state index < -0.39 is 6.04 Å². The van der Waals surface area contributed by atoms with Crippen molar-refractivity contribution in [1.29, 1.82) is 0 Å². The van der Waals surface area contributed by atoms with Crippen LogP contribution in [-0.4, -0.2) is 27.2 Å². The molecule has 0 saturated heterocycles. The molecule has 2 heterocycles. The number of aliphatic imine (C=N–C) groups is 1. The molecule has 0 radical (unpaired) electrons. The van der Waals surface area contributed by atoms with E-state index in [0.717, 1.165) is 18.5 Å². The van der Waals surface area contributed by atoms with Gasteiger partial charge in [-0.2, -0.15) is 0 Å². The highest BCUT2D eigenvalue weighted by Crippen LogP contribution is 2.33. The molecule has 1 aromatic heterocycles. The smallest absolute Gasteiger partial charge is 0.272 e. The molecule has 148 valence electrons. The summed E-state index contributed by atoms with van der Waals surface area (Å²) in [5.74, 6) is 2.07. The van der Waals surface area contributed by atoms with Crippen molar-refractivity contribution >= 4 is 11.6 Å². The van der Waals surface area contributed by atoms with Gasteiger partial charge in [0, 0.05) is 22.7 Å². The van der Waals surface area contributed by atoms with Crippen molar-refractivity contribution in [3.8, 4) is 18.0 Å². The molecule has 0 spiro atoms. The van der Waals surface area contributed by atoms with Gasteiger partial charge in [0.05, 0.1) is 23.1 Å². The Morgan fingerprint density at radius 3 is 2.77 bits per heavy atom. The molecule has 0 bridgehead atoms. The van der Waals surface area contributed by atoms with Crippen LogP contribution in [0, 0.1) is 18.2 Å². The fourth-order valence-corrected chi connectivity index (χ4v) is 3.82. The van der Waals surface area contributed by atoms with Crippen LogP contribution in [-0.2, 0) is 0 Å². The lowest BCUT2D eigenvalue weighted by Crippen LogP contribution is -2.27. The zero-order valence-electron chi connectivity index (χ0n) is 16.4. The van der Waals surface area contributed by atoms with Gasteiger partial charge in [0.15, 0.2) is 5.69 Å². The third-order valence-corrected chi connectivity index (χ3v) is 5.46. The first-order chi connectivity index (χ1) is 14.6. The molecule has 1 aliphatic heterocycles. The fourth-order valence-electron chi connectivity index (χ4n) is 3.82. The van der Waals surface area contributed by atoms with Crippen molar-refractivity contribution in [2.24, 2.45) is 4.99 Å². The van der Waals surface area contributed by atoms with Crippen LogP contribution < -0.4 is 5.32 Å². The molecule has 1 N–H and O–H groups in total. The average Bonchev–Trinajstić information content (AvgIpc) is 3.47. The van der Waals surface area contributed by atoms with E-state index in [1.54, 1.807) is 24.5 Å². The van der Waals surface area contributed by atoms with Gasteiger partial charge in [-0.25, -0.2) is 9.37 Å². The highest BCUT2D eigenvalue weighted by Gasteiger charge is 2.31. The number of halogens is 1. The second kappa shape index (κ2) is 6.96. The van der Waals surface area contributed by atoms with Crippen LogP contribution in [0.3, 0.4) is 0 Å². The number of carbonyl (C=O) groups excluding carboxylic acids is 1. The van der Waals surface area contributed by atoms with E-state index in [-0.39, 0.29) is 17.8 Å². The molecular weight excluding hydrogens is 379 g/mol. The summed E-state index contributed by atoms with van der Waals surface area (Å²) in [6.45, 7) is 1.89. The van der Waals surface area contributed by atoms with Crippen LogP contribution in [0.2, 0.25) is 0 Å². The third kappa shape index (κ3) is 3.00. The van der Waals surface area contributed by atoms with E-state index >= 15 is 0 Å². The Balaban J connectivity index is 1.74. The number of fused-ring (bicyclic) bond motifs is 3. The fraction of sp³-hybridized carbons (Fsp3) is 0.208. The molecule has 1 saturated carbocycles. The summed E-state index contributed by atoms with van der Waals surface area (Å²) in [6, 6.07) is 11.9. The van der Waals surface area contributed by atoms with Gasteiger partial charge < -0.3 is 5.32 Å². The molecule has 2 aromatic carbocycles. The monoisotopic (exact) mass is 398 g/mol. The molecule has 5 rings (SSSR count). The van der Waals surface area contributed by atoms with Crippen LogP contribution in [0.25, 0.3) is 5.69 Å². The largest absolute Gasteiger partial charge is 0.348 e. The van der Waals surface area contributed by atoms with Crippen LogP contribution >= 0.6 is 0 Å². The van der Waals surface area contributed by atoms with Crippen LogP contribution in [0.4, 0.5) is 4.39 Å². The molecule has 3 aromatic rings. The second-order valence-corrected chi connectivity index (χ2v) is 7.61. The molecule has 1 aliphatic carbocycles. The Bertz CT molecular complexity index is 1250. The maximum absolute atomic E-state index is 14.7. The number of hydrogen-bond donors (Lipinski definition) is 1. The lowest BCUT2D eigenvalue weighted by atomic mass is 9.98. The predicted octanol–water partition coefficient (Wildman–Crippen LogP) is 3.80. The Hall–Kier alpha value is -3.72. The van der Waals surface area contributed by atoms with Gasteiger partial charge in [-0.05, 0) is 50.1 Å². The number of aromatic nitrogens is 2. The Morgan fingerprint density at radius 1 is 1.23 bits per heavy atom. The number of terminal acetylenes is 1. The number of carbonyl (C=O) groups is 1. The Labute approximate surface area is 173 Å². The van der Waals surface area contributed by atoms with E-state index in [1.807, 2.05) is 29.7 Å². The zero-order valence-corrected chi connectivity index (χ0v) is 16.4. The highest BCUT2D eigenvalue weighted by molar-refractivity contribution is 6.15. The molecular formula is C24H19FN4O. The maximum Gasteiger partial charge on any atom is 0.272 e. The van der Waals surface area contributed by atoms with Gasteiger partial charge in [0.25, 0.3) is 5.91 Å². The number of rotatable bonds is 3. The topological polar surface area (TPSA) is 59.3 Å². The number of imidazole rings is 1. The summed E-state index contributed by atoms with van der Waals surface area (Å²) in [4.78, 5) is 22.0. The summed E-state index contributed by atoms with van der Waals surface area (Å²) >= 11 is 0. The summed E-state index contributed by atoms with van der Waals surface area (Å²) in [5.41, 5.74) is 4.04. The van der Waals surface area contributed by atoms with Crippen molar-refractivity contribution in [1.82, 2.24) is 14.9 Å². The van der Waals surface area contributed by atoms with E-state index in [9.17, 15) is 9.18 Å². The van der Waals surface area contributed by atoms with Gasteiger partial charge in [0.1, 0.15) is 12.1 Å². The van der Waals surface area contributed by atoms with Crippen molar-refractivity contribution in [2.75, 3.05) is 0 Å². The van der Waals surface area contributed by atoms with Gasteiger partial charge in [-0.15, -0.1) is 6.42 Å². The molecule has 1 amide bonds. The van der Waals surface area contributed by atoms with Crippen LogP contribution in [0.15, 0.2) is 53.8 Å². The second-order valence-electron chi connectivity index (χ2n) is 7.61. The molecule has 0 unspecified atom stereocenters. The summed E-state index contributed by atoms with van der Waals surface area (Å²) in [5, 5.41) is 2.99. The lowest BCUT2D eigenvalue weighted by Gasteiger charge is -2.13. The van der Waals surface area contributed by atoms with E-state index in [4.69, 9.17) is 11.4 Å². The first-order valence-corrected chi connectivity index (χ1v) is 9.89. The normalized spacial score (nSPS) is 17.2. The van der Waals surface area contributed by atoms with Crippen molar-refractivity contribution in [2.45, 2.75) is 31.8 Å². The van der Waals surface area contributed by atoms with Crippen molar-refractivity contribution in [3.63, 3.8) is 0 Å². The highest BCUT2D eigenvalue weighted by atomic mass is 19.1. The van der Waals surface area contributed by atoms with E-state index in [0.29, 0.717) is 33.8 Å². The van der Waals surface area contributed by atoms with Crippen molar-refractivity contribution in [3.05, 3.63) is 82.7 Å². The van der Waals surface area contributed by atoms with Crippen LogP contribution in [0.1, 0.15) is 58.7 Å². The molecule has 1 fully saturated rings. The Morgan fingerprint density at radius 2 is 2.03 bits per heavy atom. The average molecular weight is 398 g/mol. The predicted molar refractivity (Wildman–Crippen MR) is 112 cm³/mol. The SMILES string of the molecule is C#Cc1ccc2c(c1)C(c1ccccc1F)=N[C@H](C)c1c(C(=O)NC3CC3)ncn1-2. The molecule has 2 aliphatic rings. The minimum absolute atomic E-state index is 0.204. The van der Waals surface area contributed by atoms with E-state index in [2.05, 4.69) is 16.2 Å². The van der Waals surface area contributed by atoms with Gasteiger partial charge in [-0.1, -0.05) is 18.1 Å². The maximum atomic E-state index is 14.7. The first kappa shape index (κ1) is 18.3. The van der Waals surface area contributed by atoms with Gasteiger partial charge in [0.2, 0.25) is 0 Å². The molecule has 6 heteroatoms. The van der Waals surface area contributed by atoms with Crippen LogP contribution in [0.5, 0.6) is 0 Å². The van der Waals surface area contributed by atoms with Gasteiger partial charge >= 0.3 is 0 Å². The first-order valence-electron chi connectivity index (χ1n) is 9.89. The number of hydrogen-bond acceptors (Lipinski definition) is 3. The number of nitrogens with one attached hydrogen (secondary N) is 1. The zero-order chi connectivity index (χ0) is 20.8. The van der Waals surface area contributed by atoms with Crippen molar-refractivity contribution < 1.29 is 9.18 Å². The minimum atomic E-state index is -0.413. The number of benzene rings is 2. The number of nitrogens with zero attached hydrogens (tertiary/aromatic N) is 3. The molecule has 5 nitrogen and oxygen atoms in total. The standard InChI is InChI=1S/C24H19FN4O/c1-3-15-8-11-20-18(12-15)21(17-6-4-5-7-19(17)25)27-14(2)23-22(26-13-29(20)23)24(30)28-16-9-10-16/h1,4-8,11-14,16H,9-10H2,2H3,(H,28,30)/t14-/m1/s1. The summed E-state index contributed by atoms with van der Waals surface area (Å²) in [7, 11) is 0. The van der Waals surface area contributed by atoms with E-state index in [1.165, 1.54) is 6.07 Å². The third-order valence-electron chi connectivity index (χ3n) is 5.46. The molecule has 1 atom stereocenters. The van der Waals surface area contributed by atoms with Gasteiger partial charge in [-0.3, -0.25) is 14.4 Å². The number of amides is 1.